The number of hydrogen-bond acceptors (Lipinski definition) is 4. The molecule has 0 bridgehead atoms. The van der Waals surface area contributed by atoms with Crippen molar-refractivity contribution in [2.24, 2.45) is 0 Å². The molecule has 1 heterocycles. The van der Waals surface area contributed by atoms with Crippen molar-refractivity contribution >= 4 is 16.6 Å². The number of fused-ring (bicyclic) bond motifs is 1. The fourth-order valence-electron chi connectivity index (χ4n) is 2.65. The first-order chi connectivity index (χ1) is 12.6. The molecule has 0 radical (unpaired) electrons. The SMILES string of the molecule is CCN(C)c1ccc(-c2ccc3ccc(OCC(O)CF)cc3n2)cc1. The van der Waals surface area contributed by atoms with Crippen molar-refractivity contribution in [1.82, 2.24) is 4.98 Å². The second-order valence-corrected chi connectivity index (χ2v) is 6.23. The van der Waals surface area contributed by atoms with Gasteiger partial charge in [-0.15, -0.1) is 0 Å². The summed E-state index contributed by atoms with van der Waals surface area (Å²) in [6.07, 6.45) is -1.11. The summed E-state index contributed by atoms with van der Waals surface area (Å²) in [4.78, 5) is 6.89. The van der Waals surface area contributed by atoms with Gasteiger partial charge in [0.2, 0.25) is 0 Å². The lowest BCUT2D eigenvalue weighted by molar-refractivity contribution is 0.0842. The lowest BCUT2D eigenvalue weighted by Crippen LogP contribution is -2.19. The van der Waals surface area contributed by atoms with Gasteiger partial charge in [-0.3, -0.25) is 0 Å². The molecular formula is C21H23FN2O2. The van der Waals surface area contributed by atoms with Crippen LogP contribution in [0.1, 0.15) is 6.92 Å². The van der Waals surface area contributed by atoms with Crippen LogP contribution in [0.3, 0.4) is 0 Å². The zero-order valence-corrected chi connectivity index (χ0v) is 15.0. The topological polar surface area (TPSA) is 45.6 Å². The Labute approximate surface area is 152 Å². The quantitative estimate of drug-likeness (QED) is 0.695. The number of aliphatic hydroxyl groups excluding tert-OH is 1. The van der Waals surface area contributed by atoms with E-state index in [4.69, 9.17) is 9.72 Å². The third-order valence-electron chi connectivity index (χ3n) is 4.36. The van der Waals surface area contributed by atoms with Crippen LogP contribution in [0.2, 0.25) is 0 Å². The summed E-state index contributed by atoms with van der Waals surface area (Å²) in [6, 6.07) is 17.8. The molecule has 0 aliphatic carbocycles. The van der Waals surface area contributed by atoms with Crippen LogP contribution in [-0.4, -0.2) is 43.1 Å². The summed E-state index contributed by atoms with van der Waals surface area (Å²) in [6.45, 7) is 2.17. The smallest absolute Gasteiger partial charge is 0.121 e. The summed E-state index contributed by atoms with van der Waals surface area (Å²) >= 11 is 0. The molecule has 3 rings (SSSR count). The number of halogens is 1. The van der Waals surface area contributed by atoms with E-state index >= 15 is 0 Å². The van der Waals surface area contributed by atoms with Crippen LogP contribution in [-0.2, 0) is 0 Å². The minimum absolute atomic E-state index is 0.0753. The summed E-state index contributed by atoms with van der Waals surface area (Å²) in [5.74, 6) is 0.564. The van der Waals surface area contributed by atoms with Crippen molar-refractivity contribution in [3.05, 3.63) is 54.6 Å². The van der Waals surface area contributed by atoms with E-state index in [1.54, 1.807) is 6.07 Å². The Morgan fingerprint density at radius 3 is 2.54 bits per heavy atom. The van der Waals surface area contributed by atoms with Crippen LogP contribution in [0.25, 0.3) is 22.2 Å². The van der Waals surface area contributed by atoms with Gasteiger partial charge in [0.1, 0.15) is 25.1 Å². The number of aliphatic hydroxyl groups is 1. The predicted octanol–water partition coefficient (Wildman–Crippen LogP) is 4.07. The highest BCUT2D eigenvalue weighted by Gasteiger charge is 2.07. The molecule has 1 aromatic heterocycles. The van der Waals surface area contributed by atoms with Crippen LogP contribution >= 0.6 is 0 Å². The third-order valence-corrected chi connectivity index (χ3v) is 4.36. The van der Waals surface area contributed by atoms with Crippen molar-refractivity contribution in [1.29, 1.82) is 0 Å². The molecule has 0 spiro atoms. The lowest BCUT2D eigenvalue weighted by atomic mass is 10.1. The largest absolute Gasteiger partial charge is 0.491 e. The Balaban J connectivity index is 1.85. The maximum atomic E-state index is 12.3. The normalized spacial score (nSPS) is 12.2. The monoisotopic (exact) mass is 354 g/mol. The molecule has 2 aromatic carbocycles. The van der Waals surface area contributed by atoms with Gasteiger partial charge >= 0.3 is 0 Å². The zero-order chi connectivity index (χ0) is 18.5. The summed E-state index contributed by atoms with van der Waals surface area (Å²) in [7, 11) is 2.06. The molecule has 0 saturated heterocycles. The standard InChI is InChI=1S/C21H23FN2O2/c1-3-24(2)17-8-4-15(5-9-17)20-11-7-16-6-10-19(12-21(16)23-20)26-14-18(25)13-22/h4-12,18,25H,3,13-14H2,1-2H3. The highest BCUT2D eigenvalue weighted by Crippen LogP contribution is 2.25. The van der Waals surface area contributed by atoms with Crippen LogP contribution in [0.4, 0.5) is 10.1 Å². The lowest BCUT2D eigenvalue weighted by Gasteiger charge is -2.16. The van der Waals surface area contributed by atoms with Crippen molar-refractivity contribution < 1.29 is 14.2 Å². The number of pyridine rings is 1. The maximum Gasteiger partial charge on any atom is 0.121 e. The highest BCUT2D eigenvalue weighted by molar-refractivity contribution is 5.83. The number of benzene rings is 2. The predicted molar refractivity (Wildman–Crippen MR) is 104 cm³/mol. The Morgan fingerprint density at radius 1 is 1.12 bits per heavy atom. The van der Waals surface area contributed by atoms with Gasteiger partial charge in [-0.1, -0.05) is 18.2 Å². The Hall–Kier alpha value is -2.66. The molecule has 1 unspecified atom stereocenters. The van der Waals surface area contributed by atoms with Gasteiger partial charge in [0.25, 0.3) is 0 Å². The van der Waals surface area contributed by atoms with Gasteiger partial charge in [0.05, 0.1) is 11.2 Å². The number of ether oxygens (including phenoxy) is 1. The third kappa shape index (κ3) is 4.11. The first-order valence-electron chi connectivity index (χ1n) is 8.70. The molecule has 0 aliphatic rings. The number of rotatable bonds is 7. The van der Waals surface area contributed by atoms with Gasteiger partial charge in [-0.2, -0.15) is 0 Å². The highest BCUT2D eigenvalue weighted by atomic mass is 19.1. The first-order valence-corrected chi connectivity index (χ1v) is 8.70. The Morgan fingerprint density at radius 2 is 1.85 bits per heavy atom. The number of anilines is 1. The molecule has 1 N–H and O–H groups in total. The van der Waals surface area contributed by atoms with E-state index in [1.807, 2.05) is 24.3 Å². The van der Waals surface area contributed by atoms with E-state index in [-0.39, 0.29) is 6.61 Å². The minimum atomic E-state index is -1.11. The molecule has 0 amide bonds. The fraction of sp³-hybridized carbons (Fsp3) is 0.286. The van der Waals surface area contributed by atoms with Crippen LogP contribution in [0.5, 0.6) is 5.75 Å². The number of hydrogen-bond donors (Lipinski definition) is 1. The second-order valence-electron chi connectivity index (χ2n) is 6.23. The first kappa shape index (κ1) is 18.1. The van der Waals surface area contributed by atoms with Crippen LogP contribution < -0.4 is 9.64 Å². The van der Waals surface area contributed by atoms with E-state index in [0.29, 0.717) is 5.75 Å². The summed E-state index contributed by atoms with van der Waals surface area (Å²) < 4.78 is 17.8. The summed E-state index contributed by atoms with van der Waals surface area (Å²) in [5.41, 5.74) is 3.88. The van der Waals surface area contributed by atoms with Gasteiger partial charge in [0.15, 0.2) is 0 Å². The van der Waals surface area contributed by atoms with E-state index in [1.165, 1.54) is 5.69 Å². The molecule has 5 heteroatoms. The van der Waals surface area contributed by atoms with Crippen LogP contribution in [0.15, 0.2) is 54.6 Å². The second kappa shape index (κ2) is 8.15. The van der Waals surface area contributed by atoms with Crippen molar-refractivity contribution in [2.75, 3.05) is 31.8 Å². The van der Waals surface area contributed by atoms with Crippen LogP contribution in [0, 0.1) is 0 Å². The summed E-state index contributed by atoms with van der Waals surface area (Å²) in [5, 5.41) is 10.3. The molecule has 26 heavy (non-hydrogen) atoms. The molecule has 136 valence electrons. The molecule has 4 nitrogen and oxygen atoms in total. The van der Waals surface area contributed by atoms with E-state index in [9.17, 15) is 9.50 Å². The molecule has 0 aliphatic heterocycles. The Bertz CT molecular complexity index is 868. The number of aromatic nitrogens is 1. The molecule has 0 fully saturated rings. The van der Waals surface area contributed by atoms with Gasteiger partial charge < -0.3 is 14.7 Å². The Kier molecular flexibility index (Phi) is 5.68. The molecule has 3 aromatic rings. The van der Waals surface area contributed by atoms with Gasteiger partial charge in [0, 0.05) is 36.3 Å². The fourth-order valence-corrected chi connectivity index (χ4v) is 2.65. The maximum absolute atomic E-state index is 12.3. The van der Waals surface area contributed by atoms with E-state index < -0.39 is 12.8 Å². The number of alkyl halides is 1. The van der Waals surface area contributed by atoms with E-state index in [0.717, 1.165) is 28.7 Å². The molecular weight excluding hydrogens is 331 g/mol. The zero-order valence-electron chi connectivity index (χ0n) is 15.0. The van der Waals surface area contributed by atoms with Gasteiger partial charge in [-0.25, -0.2) is 9.37 Å². The van der Waals surface area contributed by atoms with Crippen molar-refractivity contribution in [3.8, 4) is 17.0 Å². The molecule has 0 saturated carbocycles. The number of nitrogens with zero attached hydrogens (tertiary/aromatic N) is 2. The van der Waals surface area contributed by atoms with Crippen molar-refractivity contribution in [2.45, 2.75) is 13.0 Å². The van der Waals surface area contributed by atoms with Gasteiger partial charge in [-0.05, 0) is 37.3 Å². The minimum Gasteiger partial charge on any atom is -0.491 e. The average molecular weight is 354 g/mol. The van der Waals surface area contributed by atoms with E-state index in [2.05, 4.69) is 43.1 Å². The average Bonchev–Trinajstić information content (AvgIpc) is 2.70. The van der Waals surface area contributed by atoms with Crippen molar-refractivity contribution in [3.63, 3.8) is 0 Å². The molecule has 1 atom stereocenters.